The predicted octanol–water partition coefficient (Wildman–Crippen LogP) is 3.13. The SMILES string of the molecule is CCC1CCC(C)N(C(=N)C(C)C)C1. The van der Waals surface area contributed by atoms with Crippen molar-refractivity contribution in [1.82, 2.24) is 4.90 Å². The molecule has 1 aliphatic heterocycles. The van der Waals surface area contributed by atoms with Crippen molar-refractivity contribution in [3.63, 3.8) is 0 Å². The zero-order valence-corrected chi connectivity index (χ0v) is 10.0. The van der Waals surface area contributed by atoms with Crippen LogP contribution in [0.25, 0.3) is 0 Å². The summed E-state index contributed by atoms with van der Waals surface area (Å²) >= 11 is 0. The minimum absolute atomic E-state index is 0.369. The van der Waals surface area contributed by atoms with Crippen molar-refractivity contribution in [1.29, 1.82) is 5.41 Å². The van der Waals surface area contributed by atoms with Gasteiger partial charge in [0.2, 0.25) is 0 Å². The number of amidine groups is 1. The van der Waals surface area contributed by atoms with Crippen LogP contribution in [0.1, 0.15) is 47.0 Å². The van der Waals surface area contributed by atoms with Crippen LogP contribution in [0.4, 0.5) is 0 Å². The highest BCUT2D eigenvalue weighted by Crippen LogP contribution is 2.25. The molecule has 2 nitrogen and oxygen atoms in total. The lowest BCUT2D eigenvalue weighted by Gasteiger charge is -2.40. The minimum atomic E-state index is 0.369. The fraction of sp³-hybridized carbons (Fsp3) is 0.917. The Morgan fingerprint density at radius 1 is 1.43 bits per heavy atom. The molecule has 1 rings (SSSR count). The molecule has 0 bridgehead atoms. The van der Waals surface area contributed by atoms with E-state index in [0.29, 0.717) is 12.0 Å². The van der Waals surface area contributed by atoms with Crippen molar-refractivity contribution >= 4 is 5.84 Å². The standard InChI is InChI=1S/C12H24N2/c1-5-11-7-6-10(4)14(8-11)12(13)9(2)3/h9-11,13H,5-8H2,1-4H3. The van der Waals surface area contributed by atoms with E-state index >= 15 is 0 Å². The summed E-state index contributed by atoms with van der Waals surface area (Å²) in [6.45, 7) is 9.85. The van der Waals surface area contributed by atoms with Gasteiger partial charge in [0.1, 0.15) is 0 Å². The first-order valence-electron chi connectivity index (χ1n) is 5.91. The number of piperidine rings is 1. The maximum absolute atomic E-state index is 8.06. The molecule has 1 heterocycles. The monoisotopic (exact) mass is 196 g/mol. The molecule has 0 saturated carbocycles. The van der Waals surface area contributed by atoms with Gasteiger partial charge in [-0.3, -0.25) is 5.41 Å². The van der Waals surface area contributed by atoms with Crippen LogP contribution < -0.4 is 0 Å². The Labute approximate surface area is 88.2 Å². The van der Waals surface area contributed by atoms with Crippen molar-refractivity contribution < 1.29 is 0 Å². The largest absolute Gasteiger partial charge is 0.357 e. The molecule has 1 fully saturated rings. The average Bonchev–Trinajstić information content (AvgIpc) is 2.17. The van der Waals surface area contributed by atoms with E-state index in [1.165, 1.54) is 19.3 Å². The van der Waals surface area contributed by atoms with Crippen LogP contribution in [-0.4, -0.2) is 23.3 Å². The molecule has 82 valence electrons. The maximum Gasteiger partial charge on any atom is 0.0986 e. The summed E-state index contributed by atoms with van der Waals surface area (Å²) in [5.41, 5.74) is 0. The molecule has 1 aliphatic rings. The minimum Gasteiger partial charge on any atom is -0.357 e. The topological polar surface area (TPSA) is 27.1 Å². The maximum atomic E-state index is 8.06. The quantitative estimate of drug-likeness (QED) is 0.533. The third kappa shape index (κ3) is 2.49. The Kier molecular flexibility index (Phi) is 3.97. The van der Waals surface area contributed by atoms with Crippen LogP contribution in [0.15, 0.2) is 0 Å². The lowest BCUT2D eigenvalue weighted by atomic mass is 9.90. The van der Waals surface area contributed by atoms with Gasteiger partial charge in [-0.05, 0) is 25.7 Å². The number of nitrogens with one attached hydrogen (secondary N) is 1. The summed E-state index contributed by atoms with van der Waals surface area (Å²) in [4.78, 5) is 2.31. The van der Waals surface area contributed by atoms with Crippen molar-refractivity contribution in [3.05, 3.63) is 0 Å². The van der Waals surface area contributed by atoms with E-state index in [2.05, 4.69) is 32.6 Å². The Balaban J connectivity index is 2.60. The highest BCUT2D eigenvalue weighted by molar-refractivity contribution is 5.81. The number of hydrogen-bond donors (Lipinski definition) is 1. The van der Waals surface area contributed by atoms with E-state index in [-0.39, 0.29) is 0 Å². The van der Waals surface area contributed by atoms with Crippen molar-refractivity contribution in [3.8, 4) is 0 Å². The van der Waals surface area contributed by atoms with E-state index < -0.39 is 0 Å². The summed E-state index contributed by atoms with van der Waals surface area (Å²) < 4.78 is 0. The van der Waals surface area contributed by atoms with Crippen LogP contribution in [0.5, 0.6) is 0 Å². The number of nitrogens with zero attached hydrogens (tertiary/aromatic N) is 1. The van der Waals surface area contributed by atoms with E-state index in [4.69, 9.17) is 5.41 Å². The van der Waals surface area contributed by atoms with E-state index in [1.807, 2.05) is 0 Å². The molecule has 0 spiro atoms. The van der Waals surface area contributed by atoms with Crippen molar-refractivity contribution in [2.75, 3.05) is 6.54 Å². The molecule has 0 aromatic rings. The Morgan fingerprint density at radius 2 is 2.07 bits per heavy atom. The zero-order chi connectivity index (χ0) is 10.7. The van der Waals surface area contributed by atoms with Gasteiger partial charge in [0, 0.05) is 18.5 Å². The lowest BCUT2D eigenvalue weighted by Crippen LogP contribution is -2.46. The molecule has 0 aromatic heterocycles. The third-order valence-electron chi connectivity index (χ3n) is 3.41. The van der Waals surface area contributed by atoms with Gasteiger partial charge in [0.05, 0.1) is 5.84 Å². The molecule has 0 aromatic carbocycles. The normalized spacial score (nSPS) is 28.2. The molecular formula is C12H24N2. The highest BCUT2D eigenvalue weighted by atomic mass is 15.2. The molecule has 2 atom stereocenters. The van der Waals surface area contributed by atoms with Gasteiger partial charge in [0.15, 0.2) is 0 Å². The van der Waals surface area contributed by atoms with Gasteiger partial charge < -0.3 is 4.90 Å². The van der Waals surface area contributed by atoms with Crippen LogP contribution in [0.2, 0.25) is 0 Å². The van der Waals surface area contributed by atoms with E-state index in [1.54, 1.807) is 0 Å². The number of hydrogen-bond acceptors (Lipinski definition) is 1. The van der Waals surface area contributed by atoms with Crippen LogP contribution in [0, 0.1) is 17.2 Å². The van der Waals surface area contributed by atoms with Crippen LogP contribution >= 0.6 is 0 Å². The average molecular weight is 196 g/mol. The first-order valence-corrected chi connectivity index (χ1v) is 5.91. The van der Waals surface area contributed by atoms with Crippen LogP contribution in [-0.2, 0) is 0 Å². The van der Waals surface area contributed by atoms with Gasteiger partial charge in [-0.2, -0.15) is 0 Å². The molecule has 1 N–H and O–H groups in total. The summed E-state index contributed by atoms with van der Waals surface area (Å²) in [6, 6.07) is 0.577. The van der Waals surface area contributed by atoms with Gasteiger partial charge >= 0.3 is 0 Å². The summed E-state index contributed by atoms with van der Waals surface area (Å²) in [7, 11) is 0. The molecule has 0 radical (unpaired) electrons. The second-order valence-electron chi connectivity index (χ2n) is 4.89. The Hall–Kier alpha value is -0.530. The molecule has 0 amide bonds. The Bertz CT molecular complexity index is 198. The predicted molar refractivity (Wildman–Crippen MR) is 61.7 cm³/mol. The summed E-state index contributed by atoms with van der Waals surface area (Å²) in [5, 5.41) is 8.06. The molecule has 0 aliphatic carbocycles. The fourth-order valence-electron chi connectivity index (χ4n) is 2.18. The number of rotatable bonds is 2. The second kappa shape index (κ2) is 4.81. The smallest absolute Gasteiger partial charge is 0.0986 e. The summed E-state index contributed by atoms with van der Waals surface area (Å²) in [6.07, 6.45) is 3.86. The number of likely N-dealkylation sites (tertiary alicyclic amines) is 1. The first kappa shape index (κ1) is 11.5. The highest BCUT2D eigenvalue weighted by Gasteiger charge is 2.26. The van der Waals surface area contributed by atoms with E-state index in [0.717, 1.165) is 18.3 Å². The molecular weight excluding hydrogens is 172 g/mol. The van der Waals surface area contributed by atoms with Crippen molar-refractivity contribution in [2.24, 2.45) is 11.8 Å². The van der Waals surface area contributed by atoms with Gasteiger partial charge in [-0.25, -0.2) is 0 Å². The van der Waals surface area contributed by atoms with Gasteiger partial charge in [-0.1, -0.05) is 27.2 Å². The summed E-state index contributed by atoms with van der Waals surface area (Å²) in [5.74, 6) is 2.01. The molecule has 2 heteroatoms. The van der Waals surface area contributed by atoms with Crippen molar-refractivity contribution in [2.45, 2.75) is 53.0 Å². The third-order valence-corrected chi connectivity index (χ3v) is 3.41. The van der Waals surface area contributed by atoms with Gasteiger partial charge in [-0.15, -0.1) is 0 Å². The van der Waals surface area contributed by atoms with Crippen LogP contribution in [0.3, 0.4) is 0 Å². The lowest BCUT2D eigenvalue weighted by molar-refractivity contribution is 0.185. The molecule has 14 heavy (non-hydrogen) atoms. The van der Waals surface area contributed by atoms with Gasteiger partial charge in [0.25, 0.3) is 0 Å². The second-order valence-corrected chi connectivity index (χ2v) is 4.89. The molecule has 1 saturated heterocycles. The first-order chi connectivity index (χ1) is 6.56. The fourth-order valence-corrected chi connectivity index (χ4v) is 2.18. The Morgan fingerprint density at radius 3 is 2.57 bits per heavy atom. The van der Waals surface area contributed by atoms with E-state index in [9.17, 15) is 0 Å². The molecule has 2 unspecified atom stereocenters. The zero-order valence-electron chi connectivity index (χ0n) is 10.0.